The van der Waals surface area contributed by atoms with Crippen LogP contribution in [0.2, 0.25) is 0 Å². The second kappa shape index (κ2) is 8.61. The van der Waals surface area contributed by atoms with Gasteiger partial charge in [0.1, 0.15) is 22.8 Å². The average molecular weight is 513 g/mol. The lowest BCUT2D eigenvalue weighted by atomic mass is 9.72. The summed E-state index contributed by atoms with van der Waals surface area (Å²) in [5.74, 6) is -4.13. The van der Waals surface area contributed by atoms with E-state index < -0.39 is 88.4 Å². The summed E-state index contributed by atoms with van der Waals surface area (Å²) in [4.78, 5) is 39.1. The van der Waals surface area contributed by atoms with Crippen LogP contribution in [-0.4, -0.2) is 73.0 Å². The number of ketones is 3. The summed E-state index contributed by atoms with van der Waals surface area (Å²) in [7, 11) is 0. The number of benzene rings is 2. The van der Waals surface area contributed by atoms with E-state index in [-0.39, 0.29) is 35.1 Å². The molecule has 2 aromatic rings. The monoisotopic (exact) mass is 513 g/mol. The lowest BCUT2D eigenvalue weighted by Gasteiger charge is -2.42. The number of hydrogen-bond donors (Lipinski definition) is 6. The number of aliphatic hydroxyl groups is 2. The Bertz CT molecular complexity index is 1340. The molecule has 2 aromatic carbocycles. The third kappa shape index (κ3) is 3.73. The van der Waals surface area contributed by atoms with Crippen molar-refractivity contribution in [1.29, 1.82) is 0 Å². The molecular weight excluding hydrogens is 486 g/mol. The smallest absolute Gasteiger partial charge is 0.202 e. The largest absolute Gasteiger partial charge is 0.507 e. The van der Waals surface area contributed by atoms with Crippen molar-refractivity contribution in [3.8, 4) is 17.2 Å². The zero-order chi connectivity index (χ0) is 27.0. The van der Waals surface area contributed by atoms with Crippen LogP contribution in [0.25, 0.3) is 0 Å². The summed E-state index contributed by atoms with van der Waals surface area (Å²) in [6, 6.07) is 3.20. The van der Waals surface area contributed by atoms with E-state index in [0.717, 1.165) is 6.92 Å². The summed E-state index contributed by atoms with van der Waals surface area (Å²) >= 11 is 0. The third-order valence-corrected chi connectivity index (χ3v) is 7.59. The molecule has 1 aliphatic heterocycles. The van der Waals surface area contributed by atoms with Crippen molar-refractivity contribution in [2.24, 2.45) is 5.73 Å². The fraction of sp³-hybridized carbons (Fsp3) is 0.423. The summed E-state index contributed by atoms with van der Waals surface area (Å²) < 4.78 is 11.7. The molecule has 1 heterocycles. The van der Waals surface area contributed by atoms with E-state index in [9.17, 15) is 39.9 Å². The van der Waals surface area contributed by atoms with E-state index in [1.807, 2.05) is 0 Å². The van der Waals surface area contributed by atoms with Crippen molar-refractivity contribution in [3.05, 3.63) is 51.6 Å². The van der Waals surface area contributed by atoms with Crippen molar-refractivity contribution >= 4 is 17.3 Å². The second-order valence-electron chi connectivity index (χ2n) is 9.95. The molecule has 4 unspecified atom stereocenters. The molecular formula is C26H27NO10. The average Bonchev–Trinajstić information content (AvgIpc) is 2.82. The van der Waals surface area contributed by atoms with Crippen molar-refractivity contribution in [2.45, 2.75) is 69.4 Å². The molecule has 0 radical (unpaired) electrons. The van der Waals surface area contributed by atoms with Gasteiger partial charge in [0, 0.05) is 42.0 Å². The molecule has 11 nitrogen and oxygen atoms in total. The summed E-state index contributed by atoms with van der Waals surface area (Å²) in [5, 5.41) is 54.1. The molecule has 3 aliphatic rings. The van der Waals surface area contributed by atoms with Crippen LogP contribution in [0.3, 0.4) is 0 Å². The van der Waals surface area contributed by atoms with Gasteiger partial charge in [0.15, 0.2) is 17.9 Å². The van der Waals surface area contributed by atoms with Crippen LogP contribution in [0.4, 0.5) is 0 Å². The molecule has 5 rings (SSSR count). The molecule has 6 atom stereocenters. The number of Topliss-reactive ketones (excluding diaryl/α,β-unsaturated/α-hetero) is 1. The van der Waals surface area contributed by atoms with Gasteiger partial charge in [-0.3, -0.25) is 14.4 Å². The van der Waals surface area contributed by atoms with Crippen molar-refractivity contribution in [1.82, 2.24) is 0 Å². The van der Waals surface area contributed by atoms with E-state index in [1.165, 1.54) is 18.2 Å². The Morgan fingerprint density at radius 3 is 2.43 bits per heavy atom. The molecule has 37 heavy (non-hydrogen) atoms. The molecule has 11 heteroatoms. The first kappa shape index (κ1) is 25.3. The van der Waals surface area contributed by atoms with E-state index in [4.69, 9.17) is 15.2 Å². The molecule has 0 bridgehead atoms. The van der Waals surface area contributed by atoms with Gasteiger partial charge in [-0.15, -0.1) is 0 Å². The standard InChI is InChI=1S/C26H27NO10/c1-9-21(30)13(27)6-16(36-9)37-15-8-26(35,10(2)28)7-12-18(15)25(34)20-19(23(12)32)22(31)11-4-3-5-14(29)17(11)24(20)33/h3-5,9,13,15-16,21,29-30,32,34-35H,6-8,27H2,1-2H3/t9?,13?,15-,16?,21?,26-/m0/s1. The third-order valence-electron chi connectivity index (χ3n) is 7.59. The van der Waals surface area contributed by atoms with Gasteiger partial charge in [-0.2, -0.15) is 0 Å². The van der Waals surface area contributed by atoms with E-state index in [2.05, 4.69) is 0 Å². The minimum atomic E-state index is -2.02. The lowest BCUT2D eigenvalue weighted by molar-refractivity contribution is -0.247. The highest BCUT2D eigenvalue weighted by Gasteiger charge is 2.49. The molecule has 1 fully saturated rings. The topological polar surface area (TPSA) is 197 Å². The number of nitrogens with two attached hydrogens (primary N) is 1. The first-order chi connectivity index (χ1) is 17.4. The van der Waals surface area contributed by atoms with Crippen LogP contribution >= 0.6 is 0 Å². The number of carbonyl (C=O) groups is 3. The van der Waals surface area contributed by atoms with Crippen molar-refractivity contribution in [2.75, 3.05) is 0 Å². The van der Waals surface area contributed by atoms with Crippen molar-refractivity contribution < 1.29 is 49.4 Å². The maximum Gasteiger partial charge on any atom is 0.202 e. The Labute approximate surface area is 211 Å². The van der Waals surface area contributed by atoms with E-state index in [1.54, 1.807) is 6.92 Å². The van der Waals surface area contributed by atoms with Gasteiger partial charge in [0.2, 0.25) is 5.78 Å². The number of aromatic hydroxyl groups is 3. The number of rotatable bonds is 3. The highest BCUT2D eigenvalue weighted by atomic mass is 16.7. The number of carbonyl (C=O) groups excluding carboxylic acids is 3. The molecule has 0 spiro atoms. The van der Waals surface area contributed by atoms with Crippen LogP contribution in [0.5, 0.6) is 17.2 Å². The predicted octanol–water partition coefficient (Wildman–Crippen LogP) is 0.726. The summed E-state index contributed by atoms with van der Waals surface area (Å²) in [5.41, 5.74) is 2.29. The molecule has 196 valence electrons. The van der Waals surface area contributed by atoms with Crippen LogP contribution < -0.4 is 5.73 Å². The highest BCUT2D eigenvalue weighted by Crippen LogP contribution is 2.52. The first-order valence-corrected chi connectivity index (χ1v) is 11.9. The summed E-state index contributed by atoms with van der Waals surface area (Å²) in [6.45, 7) is 2.76. The van der Waals surface area contributed by atoms with Crippen LogP contribution in [0, 0.1) is 0 Å². The number of aliphatic hydroxyl groups excluding tert-OH is 1. The van der Waals surface area contributed by atoms with Crippen LogP contribution in [-0.2, 0) is 20.7 Å². The SMILES string of the molecule is CC(=O)[C@]1(O)Cc2c(O)c3c(c(O)c2[C@@H](OC2CC(N)C(O)C(C)O2)C1)C(=O)c1c(O)cccc1C3=O. The fourth-order valence-corrected chi connectivity index (χ4v) is 5.50. The van der Waals surface area contributed by atoms with Gasteiger partial charge < -0.3 is 40.7 Å². The Balaban J connectivity index is 1.68. The first-order valence-electron chi connectivity index (χ1n) is 11.9. The number of hydrogen-bond acceptors (Lipinski definition) is 11. The second-order valence-corrected chi connectivity index (χ2v) is 9.95. The molecule has 0 saturated carbocycles. The molecule has 2 aliphatic carbocycles. The minimum Gasteiger partial charge on any atom is -0.507 e. The van der Waals surface area contributed by atoms with Crippen LogP contribution in [0.15, 0.2) is 18.2 Å². The highest BCUT2D eigenvalue weighted by molar-refractivity contribution is 6.31. The molecule has 1 saturated heterocycles. The molecule has 0 aromatic heterocycles. The van der Waals surface area contributed by atoms with Gasteiger partial charge in [-0.05, 0) is 19.9 Å². The van der Waals surface area contributed by atoms with Gasteiger partial charge in [-0.1, -0.05) is 12.1 Å². The molecule has 7 N–H and O–H groups in total. The number of fused-ring (bicyclic) bond motifs is 3. The van der Waals surface area contributed by atoms with E-state index >= 15 is 0 Å². The normalized spacial score (nSPS) is 30.9. The Morgan fingerprint density at radius 1 is 1.11 bits per heavy atom. The van der Waals surface area contributed by atoms with E-state index in [0.29, 0.717) is 0 Å². The van der Waals surface area contributed by atoms with Crippen molar-refractivity contribution in [3.63, 3.8) is 0 Å². The predicted molar refractivity (Wildman–Crippen MR) is 125 cm³/mol. The van der Waals surface area contributed by atoms with Gasteiger partial charge in [-0.25, -0.2) is 0 Å². The minimum absolute atomic E-state index is 0.0478. The van der Waals surface area contributed by atoms with Gasteiger partial charge in [0.05, 0.1) is 35.0 Å². The van der Waals surface area contributed by atoms with Crippen LogP contribution in [0.1, 0.15) is 75.8 Å². The lowest BCUT2D eigenvalue weighted by Crippen LogP contribution is -2.52. The summed E-state index contributed by atoms with van der Waals surface area (Å²) in [6.07, 6.45) is -4.68. The maximum atomic E-state index is 13.4. The number of phenols is 3. The molecule has 0 amide bonds. The Kier molecular flexibility index (Phi) is 5.89. The zero-order valence-corrected chi connectivity index (χ0v) is 20.1. The Morgan fingerprint density at radius 2 is 1.78 bits per heavy atom. The van der Waals surface area contributed by atoms with Gasteiger partial charge >= 0.3 is 0 Å². The van der Waals surface area contributed by atoms with Gasteiger partial charge in [0.25, 0.3) is 0 Å². The fourth-order valence-electron chi connectivity index (χ4n) is 5.50. The zero-order valence-electron chi connectivity index (χ0n) is 20.1. The quantitative estimate of drug-likeness (QED) is 0.270. The number of ether oxygens (including phenoxy) is 2. The maximum absolute atomic E-state index is 13.4. The Hall–Kier alpha value is -3.35. The number of phenolic OH excluding ortho intramolecular Hbond substituents is 3.